The fraction of sp³-hybridized carbons (Fsp3) is 0.263. The number of benzene rings is 2. The maximum Gasteiger partial charge on any atom is 0.411 e. The minimum absolute atomic E-state index is 0.0531. The van der Waals surface area contributed by atoms with Gasteiger partial charge in [-0.15, -0.1) is 0 Å². The lowest BCUT2D eigenvalue weighted by Gasteiger charge is -2.29. The molecule has 0 aliphatic carbocycles. The molecule has 1 heterocycles. The van der Waals surface area contributed by atoms with Crippen LogP contribution in [0.2, 0.25) is 0 Å². The molecule has 2 N–H and O–H groups in total. The Morgan fingerprint density at radius 1 is 1.12 bits per heavy atom. The quantitative estimate of drug-likeness (QED) is 0.833. The average Bonchev–Trinajstić information content (AvgIpc) is 2.68. The molecule has 0 aromatic heterocycles. The first kappa shape index (κ1) is 18.1. The predicted molar refractivity (Wildman–Crippen MR) is 103 cm³/mol. The highest BCUT2D eigenvalue weighted by molar-refractivity contribution is 7.99. The van der Waals surface area contributed by atoms with Gasteiger partial charge in [-0.3, -0.25) is 5.32 Å². The lowest BCUT2D eigenvalue weighted by atomic mass is 10.1. The summed E-state index contributed by atoms with van der Waals surface area (Å²) in [6, 6.07) is 14.3. The Hall–Kier alpha value is -2.67. The molecular weight excluding hydrogens is 352 g/mol. The Balaban J connectivity index is 1.68. The summed E-state index contributed by atoms with van der Waals surface area (Å²) in [7, 11) is 0. The number of carbonyl (C=O) groups is 2. The van der Waals surface area contributed by atoms with Crippen LogP contribution >= 0.6 is 11.8 Å². The van der Waals surface area contributed by atoms with Crippen LogP contribution in [-0.2, 0) is 11.3 Å². The van der Waals surface area contributed by atoms with E-state index in [1.807, 2.05) is 48.2 Å². The molecule has 1 amide bonds. The molecule has 1 saturated heterocycles. The monoisotopic (exact) mass is 372 g/mol. The third-order valence-corrected chi connectivity index (χ3v) is 5.00. The van der Waals surface area contributed by atoms with Crippen molar-refractivity contribution < 1.29 is 19.4 Å². The topological polar surface area (TPSA) is 78.9 Å². The molecule has 0 unspecified atom stereocenters. The van der Waals surface area contributed by atoms with Crippen molar-refractivity contribution in [1.29, 1.82) is 0 Å². The van der Waals surface area contributed by atoms with Gasteiger partial charge in [0.25, 0.3) is 0 Å². The van der Waals surface area contributed by atoms with Crippen molar-refractivity contribution in [2.45, 2.75) is 6.61 Å². The van der Waals surface area contributed by atoms with Crippen LogP contribution in [0.4, 0.5) is 16.2 Å². The summed E-state index contributed by atoms with van der Waals surface area (Å²) >= 11 is 1.89. The number of aromatic carboxylic acids is 1. The second kappa shape index (κ2) is 8.62. The van der Waals surface area contributed by atoms with Gasteiger partial charge in [-0.05, 0) is 23.8 Å². The summed E-state index contributed by atoms with van der Waals surface area (Å²) in [5.74, 6) is 0.958. The van der Waals surface area contributed by atoms with E-state index in [9.17, 15) is 14.7 Å². The number of hydrogen-bond acceptors (Lipinski definition) is 5. The van der Waals surface area contributed by atoms with Crippen LogP contribution in [0.15, 0.2) is 48.5 Å². The second-order valence-electron chi connectivity index (χ2n) is 5.82. The van der Waals surface area contributed by atoms with E-state index in [-0.39, 0.29) is 17.9 Å². The van der Waals surface area contributed by atoms with Crippen molar-refractivity contribution in [3.8, 4) is 0 Å². The largest absolute Gasteiger partial charge is 0.478 e. The first-order chi connectivity index (χ1) is 12.6. The molecule has 0 saturated carbocycles. The Morgan fingerprint density at radius 3 is 2.54 bits per heavy atom. The molecule has 2 aromatic carbocycles. The maximum atomic E-state index is 12.0. The van der Waals surface area contributed by atoms with Crippen molar-refractivity contribution in [3.05, 3.63) is 59.7 Å². The number of carboxylic acids is 1. The van der Waals surface area contributed by atoms with Crippen LogP contribution in [0.5, 0.6) is 0 Å². The number of ether oxygens (including phenoxy) is 1. The van der Waals surface area contributed by atoms with E-state index in [1.165, 1.54) is 0 Å². The predicted octanol–water partition coefficient (Wildman–Crippen LogP) is 3.69. The van der Waals surface area contributed by atoms with E-state index in [2.05, 4.69) is 10.2 Å². The maximum absolute atomic E-state index is 12.0. The molecule has 1 fully saturated rings. The molecule has 2 aromatic rings. The van der Waals surface area contributed by atoms with Gasteiger partial charge in [0.15, 0.2) is 0 Å². The third-order valence-electron chi connectivity index (χ3n) is 4.06. The number of rotatable bonds is 5. The molecule has 1 aliphatic rings. The van der Waals surface area contributed by atoms with Gasteiger partial charge in [0.1, 0.15) is 6.61 Å². The normalized spacial score (nSPS) is 13.9. The van der Waals surface area contributed by atoms with Crippen LogP contribution < -0.4 is 10.2 Å². The summed E-state index contributed by atoms with van der Waals surface area (Å²) < 4.78 is 5.16. The molecule has 1 aliphatic heterocycles. The van der Waals surface area contributed by atoms with E-state index in [1.54, 1.807) is 12.1 Å². The molecule has 7 heteroatoms. The minimum atomic E-state index is -1.09. The van der Waals surface area contributed by atoms with Crippen molar-refractivity contribution in [3.63, 3.8) is 0 Å². The first-order valence-corrected chi connectivity index (χ1v) is 9.47. The molecule has 0 spiro atoms. The van der Waals surface area contributed by atoms with Gasteiger partial charge >= 0.3 is 12.1 Å². The Labute approximate surface area is 156 Å². The molecule has 0 atom stereocenters. The molecule has 6 nitrogen and oxygen atoms in total. The molecule has 3 rings (SSSR count). The standard InChI is InChI=1S/C19H20N2O4S/c22-18(23)16-12-15(21-8-10-26-11-9-21)6-7-17(16)20-19(24)25-13-14-4-2-1-3-5-14/h1-7,12H,8-11,13H2,(H,20,24)(H,22,23). The second-order valence-corrected chi connectivity index (χ2v) is 7.05. The fourth-order valence-electron chi connectivity index (χ4n) is 2.71. The van der Waals surface area contributed by atoms with E-state index in [0.29, 0.717) is 0 Å². The van der Waals surface area contributed by atoms with Gasteiger partial charge in [0.05, 0.1) is 11.3 Å². The Kier molecular flexibility index (Phi) is 6.01. The summed E-state index contributed by atoms with van der Waals surface area (Å²) in [5, 5.41) is 12.0. The molecule has 0 radical (unpaired) electrons. The highest BCUT2D eigenvalue weighted by Crippen LogP contribution is 2.26. The van der Waals surface area contributed by atoms with Crippen molar-refractivity contribution >= 4 is 35.2 Å². The van der Waals surface area contributed by atoms with Crippen LogP contribution in [-0.4, -0.2) is 41.8 Å². The van der Waals surface area contributed by atoms with Gasteiger partial charge in [0.2, 0.25) is 0 Å². The van der Waals surface area contributed by atoms with E-state index in [4.69, 9.17) is 4.74 Å². The van der Waals surface area contributed by atoms with Crippen molar-refractivity contribution in [1.82, 2.24) is 0 Å². The van der Waals surface area contributed by atoms with E-state index in [0.717, 1.165) is 35.8 Å². The number of amides is 1. The molecular formula is C19H20N2O4S. The van der Waals surface area contributed by atoms with Crippen LogP contribution in [0.25, 0.3) is 0 Å². The Morgan fingerprint density at radius 2 is 1.85 bits per heavy atom. The first-order valence-electron chi connectivity index (χ1n) is 8.31. The van der Waals surface area contributed by atoms with Crippen LogP contribution in [0.3, 0.4) is 0 Å². The molecule has 0 bridgehead atoms. The summed E-state index contributed by atoms with van der Waals surface area (Å²) in [6.45, 7) is 1.89. The SMILES string of the molecule is O=C(Nc1ccc(N2CCSCC2)cc1C(=O)O)OCc1ccccc1. The number of thioether (sulfide) groups is 1. The summed E-state index contributed by atoms with van der Waals surface area (Å²) in [6.07, 6.45) is -0.682. The Bertz CT molecular complexity index is 776. The van der Waals surface area contributed by atoms with Gasteiger partial charge in [0, 0.05) is 30.3 Å². The zero-order chi connectivity index (χ0) is 18.4. The van der Waals surface area contributed by atoms with E-state index >= 15 is 0 Å². The minimum Gasteiger partial charge on any atom is -0.478 e. The van der Waals surface area contributed by atoms with Gasteiger partial charge < -0.3 is 14.7 Å². The lowest BCUT2D eigenvalue weighted by molar-refractivity contribution is 0.0698. The number of carboxylic acid groups (broad SMARTS) is 1. The highest BCUT2D eigenvalue weighted by atomic mass is 32.2. The number of anilines is 2. The summed E-state index contributed by atoms with van der Waals surface area (Å²) in [5.41, 5.74) is 1.99. The third kappa shape index (κ3) is 4.70. The van der Waals surface area contributed by atoms with Crippen LogP contribution in [0.1, 0.15) is 15.9 Å². The van der Waals surface area contributed by atoms with Crippen LogP contribution in [0, 0.1) is 0 Å². The smallest absolute Gasteiger partial charge is 0.411 e. The zero-order valence-corrected chi connectivity index (χ0v) is 15.0. The number of nitrogens with one attached hydrogen (secondary N) is 1. The highest BCUT2D eigenvalue weighted by Gasteiger charge is 2.18. The van der Waals surface area contributed by atoms with Crippen molar-refractivity contribution in [2.24, 2.45) is 0 Å². The number of hydrogen-bond donors (Lipinski definition) is 2. The average molecular weight is 372 g/mol. The number of nitrogens with zero attached hydrogens (tertiary/aromatic N) is 1. The molecule has 136 valence electrons. The van der Waals surface area contributed by atoms with Gasteiger partial charge in [-0.2, -0.15) is 11.8 Å². The lowest BCUT2D eigenvalue weighted by Crippen LogP contribution is -2.32. The fourth-order valence-corrected chi connectivity index (χ4v) is 3.61. The zero-order valence-electron chi connectivity index (χ0n) is 14.2. The van der Waals surface area contributed by atoms with Crippen molar-refractivity contribution in [2.75, 3.05) is 34.8 Å². The van der Waals surface area contributed by atoms with Gasteiger partial charge in [-0.25, -0.2) is 9.59 Å². The van der Waals surface area contributed by atoms with Gasteiger partial charge in [-0.1, -0.05) is 30.3 Å². The summed E-state index contributed by atoms with van der Waals surface area (Å²) in [4.78, 5) is 25.8. The number of carbonyl (C=O) groups excluding carboxylic acids is 1. The molecule has 26 heavy (non-hydrogen) atoms. The van der Waals surface area contributed by atoms with E-state index < -0.39 is 12.1 Å².